The van der Waals surface area contributed by atoms with Gasteiger partial charge in [-0.3, -0.25) is 0 Å². The Bertz CT molecular complexity index is 271. The van der Waals surface area contributed by atoms with Crippen LogP contribution in [-0.4, -0.2) is 0 Å². The van der Waals surface area contributed by atoms with Gasteiger partial charge in [0.25, 0.3) is 0 Å². The predicted octanol–water partition coefficient (Wildman–Crippen LogP) is 3.02. The number of hydrogen-bond donors (Lipinski definition) is 0. The zero-order chi connectivity index (χ0) is 8.41. The van der Waals surface area contributed by atoms with Gasteiger partial charge in [0.2, 0.25) is 0 Å². The summed E-state index contributed by atoms with van der Waals surface area (Å²) in [5, 5.41) is 0. The van der Waals surface area contributed by atoms with E-state index in [2.05, 4.69) is 24.3 Å². The van der Waals surface area contributed by atoms with Crippen LogP contribution in [-0.2, 0) is 0 Å². The van der Waals surface area contributed by atoms with Crippen molar-refractivity contribution in [2.24, 2.45) is 35.5 Å². The predicted molar refractivity (Wildman–Crippen MR) is 53.1 cm³/mol. The second kappa shape index (κ2) is 2.10. The minimum Gasteiger partial charge on any atom is -0.0848 e. The Morgan fingerprint density at radius 2 is 1.08 bits per heavy atom. The van der Waals surface area contributed by atoms with Gasteiger partial charge in [0.05, 0.1) is 0 Å². The third-order valence-electron chi connectivity index (χ3n) is 5.01. The Morgan fingerprint density at radius 3 is 1.54 bits per heavy atom. The number of rotatable bonds is 0. The molecular formula is C13H16. The second-order valence-corrected chi connectivity index (χ2v) is 5.39. The Labute approximate surface area is 79.7 Å². The number of allylic oxidation sites excluding steroid dienone is 4. The lowest BCUT2D eigenvalue weighted by Gasteiger charge is -2.46. The fraction of sp³-hybridized carbons (Fsp3) is 0.692. The highest BCUT2D eigenvalue weighted by Crippen LogP contribution is 2.60. The van der Waals surface area contributed by atoms with Gasteiger partial charge < -0.3 is 0 Å². The first-order valence-electron chi connectivity index (χ1n) is 5.80. The van der Waals surface area contributed by atoms with Crippen molar-refractivity contribution in [1.29, 1.82) is 0 Å². The van der Waals surface area contributed by atoms with Gasteiger partial charge in [0, 0.05) is 0 Å². The molecule has 2 fully saturated rings. The van der Waals surface area contributed by atoms with E-state index in [0.717, 1.165) is 35.5 Å². The van der Waals surface area contributed by atoms with Crippen molar-refractivity contribution in [3.8, 4) is 0 Å². The lowest BCUT2D eigenvalue weighted by Crippen LogP contribution is -2.38. The van der Waals surface area contributed by atoms with Crippen LogP contribution in [0, 0.1) is 35.5 Å². The molecule has 2 saturated carbocycles. The molecular weight excluding hydrogens is 156 g/mol. The average molecular weight is 172 g/mol. The molecule has 0 aromatic rings. The fourth-order valence-corrected chi connectivity index (χ4v) is 4.61. The SMILES string of the molecule is C1=CC2CCC1C1C3C=CC(C3)C21. The molecule has 0 N–H and O–H groups in total. The third-order valence-corrected chi connectivity index (χ3v) is 5.01. The normalized spacial score (nSPS) is 60.3. The van der Waals surface area contributed by atoms with Crippen LogP contribution in [0.1, 0.15) is 19.3 Å². The lowest BCUT2D eigenvalue weighted by molar-refractivity contribution is 0.112. The number of hydrogen-bond acceptors (Lipinski definition) is 0. The smallest absolute Gasteiger partial charge is 0.0191 e. The van der Waals surface area contributed by atoms with Crippen molar-refractivity contribution in [2.75, 3.05) is 0 Å². The lowest BCUT2D eigenvalue weighted by atomic mass is 9.59. The molecule has 0 spiro atoms. The largest absolute Gasteiger partial charge is 0.0848 e. The van der Waals surface area contributed by atoms with Gasteiger partial charge in [-0.25, -0.2) is 0 Å². The first-order valence-corrected chi connectivity index (χ1v) is 5.80. The van der Waals surface area contributed by atoms with Crippen molar-refractivity contribution < 1.29 is 0 Å². The van der Waals surface area contributed by atoms with Crippen molar-refractivity contribution in [2.45, 2.75) is 19.3 Å². The molecule has 0 nitrogen and oxygen atoms in total. The zero-order valence-corrected chi connectivity index (χ0v) is 7.89. The highest BCUT2D eigenvalue weighted by molar-refractivity contribution is 5.23. The summed E-state index contributed by atoms with van der Waals surface area (Å²) in [6.45, 7) is 0. The first kappa shape index (κ1) is 6.86. The van der Waals surface area contributed by atoms with Crippen LogP contribution >= 0.6 is 0 Å². The fourth-order valence-electron chi connectivity index (χ4n) is 4.61. The Hall–Kier alpha value is -0.520. The van der Waals surface area contributed by atoms with Crippen LogP contribution in [0.25, 0.3) is 0 Å². The van der Waals surface area contributed by atoms with Gasteiger partial charge in [-0.2, -0.15) is 0 Å². The molecule has 5 rings (SSSR count). The van der Waals surface area contributed by atoms with E-state index in [9.17, 15) is 0 Å². The molecule has 0 heterocycles. The molecule has 0 aromatic heterocycles. The summed E-state index contributed by atoms with van der Waals surface area (Å²) in [5.41, 5.74) is 0. The minimum atomic E-state index is 0.954. The molecule has 5 aliphatic rings. The third kappa shape index (κ3) is 0.697. The molecule has 0 aromatic carbocycles. The van der Waals surface area contributed by atoms with Crippen LogP contribution < -0.4 is 0 Å². The topological polar surface area (TPSA) is 0 Å². The summed E-state index contributed by atoms with van der Waals surface area (Å²) in [5.74, 6) is 5.95. The van der Waals surface area contributed by atoms with Gasteiger partial charge in [-0.1, -0.05) is 24.3 Å². The second-order valence-electron chi connectivity index (χ2n) is 5.39. The van der Waals surface area contributed by atoms with Crippen LogP contribution in [0.15, 0.2) is 24.3 Å². The molecule has 0 amide bonds. The monoisotopic (exact) mass is 172 g/mol. The number of fused-ring (bicyclic) bond motifs is 3. The maximum absolute atomic E-state index is 2.53. The average Bonchev–Trinajstić information content (AvgIpc) is 2.80. The summed E-state index contributed by atoms with van der Waals surface area (Å²) in [6, 6.07) is 0. The van der Waals surface area contributed by atoms with E-state index in [0.29, 0.717) is 0 Å². The highest BCUT2D eigenvalue weighted by atomic mass is 14.6. The highest BCUT2D eigenvalue weighted by Gasteiger charge is 2.53. The van der Waals surface area contributed by atoms with Crippen molar-refractivity contribution in [1.82, 2.24) is 0 Å². The Kier molecular flexibility index (Phi) is 1.11. The summed E-state index contributed by atoms with van der Waals surface area (Å²) >= 11 is 0. The van der Waals surface area contributed by atoms with E-state index < -0.39 is 0 Å². The minimum absolute atomic E-state index is 0.954. The Balaban J connectivity index is 1.84. The van der Waals surface area contributed by atoms with Crippen molar-refractivity contribution >= 4 is 0 Å². The van der Waals surface area contributed by atoms with E-state index in [1.807, 2.05) is 0 Å². The first-order chi connectivity index (χ1) is 6.43. The summed E-state index contributed by atoms with van der Waals surface area (Å²) < 4.78 is 0. The van der Waals surface area contributed by atoms with Crippen LogP contribution in [0.2, 0.25) is 0 Å². The molecule has 6 atom stereocenters. The van der Waals surface area contributed by atoms with Gasteiger partial charge in [0.15, 0.2) is 0 Å². The van der Waals surface area contributed by atoms with Gasteiger partial charge >= 0.3 is 0 Å². The molecule has 6 unspecified atom stereocenters. The van der Waals surface area contributed by atoms with Crippen LogP contribution in [0.5, 0.6) is 0 Å². The van der Waals surface area contributed by atoms with E-state index in [1.54, 1.807) is 0 Å². The maximum atomic E-state index is 2.53. The Morgan fingerprint density at radius 1 is 0.615 bits per heavy atom. The summed E-state index contributed by atoms with van der Waals surface area (Å²) in [7, 11) is 0. The molecule has 0 aliphatic heterocycles. The van der Waals surface area contributed by atoms with Crippen LogP contribution in [0.4, 0.5) is 0 Å². The molecule has 0 saturated heterocycles. The van der Waals surface area contributed by atoms with E-state index in [-0.39, 0.29) is 0 Å². The maximum Gasteiger partial charge on any atom is -0.0191 e. The van der Waals surface area contributed by atoms with E-state index in [4.69, 9.17) is 0 Å². The van der Waals surface area contributed by atoms with E-state index >= 15 is 0 Å². The van der Waals surface area contributed by atoms with E-state index in [1.165, 1.54) is 19.3 Å². The summed E-state index contributed by atoms with van der Waals surface area (Å²) in [4.78, 5) is 0. The molecule has 13 heavy (non-hydrogen) atoms. The van der Waals surface area contributed by atoms with Gasteiger partial charge in [-0.15, -0.1) is 0 Å². The molecule has 5 aliphatic carbocycles. The molecule has 0 heteroatoms. The van der Waals surface area contributed by atoms with Gasteiger partial charge in [-0.05, 0) is 54.8 Å². The zero-order valence-electron chi connectivity index (χ0n) is 7.89. The molecule has 4 bridgehead atoms. The van der Waals surface area contributed by atoms with Crippen molar-refractivity contribution in [3.63, 3.8) is 0 Å². The molecule has 0 radical (unpaired) electrons. The van der Waals surface area contributed by atoms with Crippen LogP contribution in [0.3, 0.4) is 0 Å². The molecule has 68 valence electrons. The quantitative estimate of drug-likeness (QED) is 0.493. The summed E-state index contributed by atoms with van der Waals surface area (Å²) in [6.07, 6.45) is 14.6. The van der Waals surface area contributed by atoms with Gasteiger partial charge in [0.1, 0.15) is 0 Å². The van der Waals surface area contributed by atoms with Crippen molar-refractivity contribution in [3.05, 3.63) is 24.3 Å². The standard InChI is InChI=1S/C13H16/c1-2-9-4-3-8(1)12-10-5-6-11(7-10)13(9)12/h1-2,5-6,8-13H,3-4,7H2.